The smallest absolute Gasteiger partial charge is 0.251 e. The Bertz CT molecular complexity index is 564. The second-order valence-corrected chi connectivity index (χ2v) is 6.66. The van der Waals surface area contributed by atoms with Gasteiger partial charge in [-0.25, -0.2) is 4.99 Å². The standard InChI is InChI=1S/C19H30N4O/c1-3-14(2)22-18(24)16-9-7-8-15(12-16)13-21-19(20)23-17-10-5-4-6-11-17/h7-9,12,14,17H,3-6,10-11,13H2,1-2H3,(H,22,24)(H3,20,21,23). The average Bonchev–Trinajstić information content (AvgIpc) is 2.61. The van der Waals surface area contributed by atoms with Crippen molar-refractivity contribution in [2.75, 3.05) is 0 Å². The summed E-state index contributed by atoms with van der Waals surface area (Å²) in [6.45, 7) is 4.54. The Balaban J connectivity index is 1.91. The second kappa shape index (κ2) is 9.30. The van der Waals surface area contributed by atoms with Crippen LogP contribution in [-0.4, -0.2) is 24.0 Å². The first-order valence-electron chi connectivity index (χ1n) is 9.04. The zero-order valence-electron chi connectivity index (χ0n) is 14.8. The molecule has 0 spiro atoms. The van der Waals surface area contributed by atoms with E-state index in [1.807, 2.05) is 31.2 Å². The second-order valence-electron chi connectivity index (χ2n) is 6.66. The molecule has 5 heteroatoms. The van der Waals surface area contributed by atoms with Crippen molar-refractivity contribution < 1.29 is 4.79 Å². The van der Waals surface area contributed by atoms with E-state index in [9.17, 15) is 4.79 Å². The predicted octanol–water partition coefficient (Wildman–Crippen LogP) is 2.95. The highest BCUT2D eigenvalue weighted by molar-refractivity contribution is 5.94. The van der Waals surface area contributed by atoms with Crippen molar-refractivity contribution in [3.63, 3.8) is 0 Å². The number of carbonyl (C=O) groups excluding carboxylic acids is 1. The predicted molar refractivity (Wildman–Crippen MR) is 99.0 cm³/mol. The van der Waals surface area contributed by atoms with Crippen molar-refractivity contribution in [3.05, 3.63) is 35.4 Å². The minimum Gasteiger partial charge on any atom is -0.370 e. The number of rotatable bonds is 6. The number of amides is 1. The molecule has 0 aliphatic heterocycles. The molecule has 1 aromatic rings. The van der Waals surface area contributed by atoms with Crippen LogP contribution in [0.3, 0.4) is 0 Å². The Hall–Kier alpha value is -2.04. The van der Waals surface area contributed by atoms with Gasteiger partial charge in [0.2, 0.25) is 0 Å². The number of hydrogen-bond donors (Lipinski definition) is 3. The van der Waals surface area contributed by atoms with Crippen molar-refractivity contribution in [1.82, 2.24) is 10.6 Å². The van der Waals surface area contributed by atoms with Gasteiger partial charge in [0.15, 0.2) is 5.96 Å². The van der Waals surface area contributed by atoms with Gasteiger partial charge in [-0.05, 0) is 43.9 Å². The monoisotopic (exact) mass is 330 g/mol. The molecule has 2 rings (SSSR count). The number of guanidine groups is 1. The first kappa shape index (κ1) is 18.3. The molecule has 1 aliphatic rings. The van der Waals surface area contributed by atoms with E-state index in [1.165, 1.54) is 32.1 Å². The molecule has 132 valence electrons. The van der Waals surface area contributed by atoms with Crippen LogP contribution >= 0.6 is 0 Å². The van der Waals surface area contributed by atoms with Gasteiger partial charge in [-0.15, -0.1) is 0 Å². The molecule has 1 aliphatic carbocycles. The van der Waals surface area contributed by atoms with Crippen molar-refractivity contribution >= 4 is 11.9 Å². The molecule has 0 heterocycles. The quantitative estimate of drug-likeness (QED) is 0.554. The number of carbonyl (C=O) groups is 1. The zero-order valence-corrected chi connectivity index (χ0v) is 14.8. The highest BCUT2D eigenvalue weighted by Gasteiger charge is 2.13. The van der Waals surface area contributed by atoms with Gasteiger partial charge in [0.25, 0.3) is 5.91 Å². The first-order chi connectivity index (χ1) is 11.6. The summed E-state index contributed by atoms with van der Waals surface area (Å²) in [7, 11) is 0. The zero-order chi connectivity index (χ0) is 17.4. The van der Waals surface area contributed by atoms with Crippen molar-refractivity contribution in [2.24, 2.45) is 10.7 Å². The highest BCUT2D eigenvalue weighted by Crippen LogP contribution is 2.17. The number of nitrogens with two attached hydrogens (primary N) is 1. The Morgan fingerprint density at radius 1 is 1.33 bits per heavy atom. The van der Waals surface area contributed by atoms with Crippen molar-refractivity contribution in [3.8, 4) is 0 Å². The van der Waals surface area contributed by atoms with E-state index in [0.717, 1.165) is 12.0 Å². The summed E-state index contributed by atoms with van der Waals surface area (Å²) in [6.07, 6.45) is 7.10. The number of benzene rings is 1. The largest absolute Gasteiger partial charge is 0.370 e. The molecule has 1 saturated carbocycles. The Labute approximate surface area is 145 Å². The third-order valence-electron chi connectivity index (χ3n) is 4.57. The summed E-state index contributed by atoms with van der Waals surface area (Å²) in [6, 6.07) is 8.20. The maximum atomic E-state index is 12.2. The van der Waals surface area contributed by atoms with Gasteiger partial charge in [0.05, 0.1) is 6.54 Å². The maximum Gasteiger partial charge on any atom is 0.251 e. The maximum absolute atomic E-state index is 12.2. The fourth-order valence-corrected chi connectivity index (χ4v) is 2.90. The molecule has 24 heavy (non-hydrogen) atoms. The summed E-state index contributed by atoms with van der Waals surface area (Å²) in [5.74, 6) is 0.458. The Morgan fingerprint density at radius 2 is 2.08 bits per heavy atom. The lowest BCUT2D eigenvalue weighted by Crippen LogP contribution is -2.41. The molecule has 1 atom stereocenters. The molecule has 5 nitrogen and oxygen atoms in total. The van der Waals surface area contributed by atoms with Crippen LogP contribution in [0.4, 0.5) is 0 Å². The van der Waals surface area contributed by atoms with E-state index in [0.29, 0.717) is 24.1 Å². The van der Waals surface area contributed by atoms with Crippen LogP contribution in [0.25, 0.3) is 0 Å². The minimum atomic E-state index is -0.0384. The number of aliphatic imine (C=N–C) groups is 1. The Morgan fingerprint density at radius 3 is 2.79 bits per heavy atom. The van der Waals surface area contributed by atoms with Crippen LogP contribution in [0.15, 0.2) is 29.3 Å². The van der Waals surface area contributed by atoms with Crippen LogP contribution in [0.5, 0.6) is 0 Å². The van der Waals surface area contributed by atoms with E-state index in [1.54, 1.807) is 0 Å². The van der Waals surface area contributed by atoms with Gasteiger partial charge in [-0.2, -0.15) is 0 Å². The van der Waals surface area contributed by atoms with Crippen LogP contribution in [0.2, 0.25) is 0 Å². The highest BCUT2D eigenvalue weighted by atomic mass is 16.1. The number of nitrogens with zero attached hydrogens (tertiary/aromatic N) is 1. The molecular weight excluding hydrogens is 300 g/mol. The van der Waals surface area contributed by atoms with E-state index in [2.05, 4.69) is 22.5 Å². The molecule has 1 aromatic carbocycles. The molecule has 4 N–H and O–H groups in total. The lowest BCUT2D eigenvalue weighted by atomic mass is 9.96. The van der Waals surface area contributed by atoms with Crippen LogP contribution in [0.1, 0.15) is 68.3 Å². The molecule has 0 bridgehead atoms. The van der Waals surface area contributed by atoms with Gasteiger partial charge in [-0.1, -0.05) is 38.3 Å². The fraction of sp³-hybridized carbons (Fsp3) is 0.579. The lowest BCUT2D eigenvalue weighted by Gasteiger charge is -2.23. The topological polar surface area (TPSA) is 79.5 Å². The number of hydrogen-bond acceptors (Lipinski definition) is 2. The van der Waals surface area contributed by atoms with Crippen molar-refractivity contribution in [1.29, 1.82) is 0 Å². The molecule has 1 unspecified atom stereocenters. The fourth-order valence-electron chi connectivity index (χ4n) is 2.90. The SMILES string of the molecule is CCC(C)NC(=O)c1cccc(CN=C(N)NC2CCCCC2)c1. The van der Waals surface area contributed by atoms with Crippen molar-refractivity contribution in [2.45, 2.75) is 71.0 Å². The first-order valence-corrected chi connectivity index (χ1v) is 9.04. The van der Waals surface area contributed by atoms with Gasteiger partial charge >= 0.3 is 0 Å². The summed E-state index contributed by atoms with van der Waals surface area (Å²) in [5.41, 5.74) is 7.65. The molecule has 0 saturated heterocycles. The van der Waals surface area contributed by atoms with E-state index >= 15 is 0 Å². The van der Waals surface area contributed by atoms with Crippen LogP contribution in [-0.2, 0) is 6.54 Å². The average molecular weight is 330 g/mol. The summed E-state index contributed by atoms with van der Waals surface area (Å²) >= 11 is 0. The summed E-state index contributed by atoms with van der Waals surface area (Å²) in [5, 5.41) is 6.29. The van der Waals surface area contributed by atoms with Crippen LogP contribution in [0, 0.1) is 0 Å². The number of nitrogens with one attached hydrogen (secondary N) is 2. The molecule has 0 aromatic heterocycles. The van der Waals surface area contributed by atoms with Crippen LogP contribution < -0.4 is 16.4 Å². The van der Waals surface area contributed by atoms with E-state index in [4.69, 9.17) is 5.73 Å². The molecular formula is C19H30N4O. The minimum absolute atomic E-state index is 0.0384. The lowest BCUT2D eigenvalue weighted by molar-refractivity contribution is 0.0939. The normalized spacial score (nSPS) is 17.3. The summed E-state index contributed by atoms with van der Waals surface area (Å²) in [4.78, 5) is 16.6. The third-order valence-corrected chi connectivity index (χ3v) is 4.57. The Kier molecular flexibility index (Phi) is 7.09. The molecule has 1 fully saturated rings. The molecule has 0 radical (unpaired) electrons. The van der Waals surface area contributed by atoms with Gasteiger partial charge in [0, 0.05) is 17.6 Å². The third kappa shape index (κ3) is 5.87. The van der Waals surface area contributed by atoms with Gasteiger partial charge in [0.1, 0.15) is 0 Å². The summed E-state index contributed by atoms with van der Waals surface area (Å²) < 4.78 is 0. The van der Waals surface area contributed by atoms with E-state index < -0.39 is 0 Å². The molecule has 1 amide bonds. The van der Waals surface area contributed by atoms with Gasteiger partial charge in [-0.3, -0.25) is 4.79 Å². The van der Waals surface area contributed by atoms with E-state index in [-0.39, 0.29) is 11.9 Å². The van der Waals surface area contributed by atoms with Gasteiger partial charge < -0.3 is 16.4 Å².